The molecular formula is C12H14FN3O. The molecule has 4 nitrogen and oxygen atoms in total. The van der Waals surface area contributed by atoms with Crippen LogP contribution in [0.1, 0.15) is 12.6 Å². The summed E-state index contributed by atoms with van der Waals surface area (Å²) in [6, 6.07) is 7.30. The van der Waals surface area contributed by atoms with Crippen molar-refractivity contribution in [3.05, 3.63) is 52.2 Å². The fourth-order valence-electron chi connectivity index (χ4n) is 1.70. The molecule has 1 unspecified atom stereocenters. The number of rotatable bonds is 3. The Morgan fingerprint density at radius 1 is 1.47 bits per heavy atom. The number of nitrogens with one attached hydrogen (secondary N) is 1. The molecule has 2 aromatic rings. The van der Waals surface area contributed by atoms with E-state index in [2.05, 4.69) is 5.10 Å². The first-order valence-electron chi connectivity index (χ1n) is 5.39. The smallest absolute Gasteiger partial charge is 0.271 e. The summed E-state index contributed by atoms with van der Waals surface area (Å²) in [4.78, 5) is 11.7. The predicted octanol–water partition coefficient (Wildman–Crippen LogP) is 1.19. The van der Waals surface area contributed by atoms with Crippen LogP contribution in [0.15, 0.2) is 35.1 Å². The highest BCUT2D eigenvalue weighted by Gasteiger charge is 2.07. The van der Waals surface area contributed by atoms with Crippen LogP contribution < -0.4 is 11.3 Å². The number of benzene rings is 1. The summed E-state index contributed by atoms with van der Waals surface area (Å²) >= 11 is 0. The van der Waals surface area contributed by atoms with E-state index in [-0.39, 0.29) is 17.4 Å². The zero-order valence-electron chi connectivity index (χ0n) is 9.48. The van der Waals surface area contributed by atoms with E-state index >= 15 is 0 Å². The van der Waals surface area contributed by atoms with E-state index in [0.717, 1.165) is 5.69 Å². The maximum absolute atomic E-state index is 13.1. The summed E-state index contributed by atoms with van der Waals surface area (Å²) in [6.07, 6.45) is 0.581. The van der Waals surface area contributed by atoms with Crippen LogP contribution in [0.5, 0.6) is 0 Å². The molecule has 0 spiro atoms. The maximum Gasteiger partial charge on any atom is 0.271 e. The largest absolute Gasteiger partial charge is 0.328 e. The Bertz CT molecular complexity index is 571. The van der Waals surface area contributed by atoms with Gasteiger partial charge in [-0.3, -0.25) is 9.89 Å². The molecule has 1 aromatic carbocycles. The van der Waals surface area contributed by atoms with Gasteiger partial charge in [0.1, 0.15) is 5.82 Å². The van der Waals surface area contributed by atoms with Crippen LogP contribution >= 0.6 is 0 Å². The van der Waals surface area contributed by atoms with E-state index in [4.69, 9.17) is 5.73 Å². The van der Waals surface area contributed by atoms with Gasteiger partial charge < -0.3 is 5.73 Å². The lowest BCUT2D eigenvalue weighted by molar-refractivity contribution is 0.624. The van der Waals surface area contributed by atoms with Gasteiger partial charge in [0.2, 0.25) is 0 Å². The number of aromatic nitrogens is 2. The van der Waals surface area contributed by atoms with Crippen molar-refractivity contribution in [1.82, 2.24) is 9.78 Å². The Kier molecular flexibility index (Phi) is 3.10. The second-order valence-corrected chi connectivity index (χ2v) is 4.12. The molecule has 1 heterocycles. The van der Waals surface area contributed by atoms with Crippen molar-refractivity contribution in [3.63, 3.8) is 0 Å². The second kappa shape index (κ2) is 4.55. The van der Waals surface area contributed by atoms with Crippen LogP contribution in [-0.4, -0.2) is 15.8 Å². The van der Waals surface area contributed by atoms with Gasteiger partial charge in [0.15, 0.2) is 0 Å². The molecule has 0 bridgehead atoms. The van der Waals surface area contributed by atoms with Crippen LogP contribution in [0, 0.1) is 5.82 Å². The van der Waals surface area contributed by atoms with E-state index in [1.54, 1.807) is 12.1 Å². The lowest BCUT2D eigenvalue weighted by Gasteiger charge is -2.03. The minimum absolute atomic E-state index is 0.0333. The van der Waals surface area contributed by atoms with Crippen molar-refractivity contribution >= 4 is 0 Å². The number of halogens is 1. The van der Waals surface area contributed by atoms with Crippen molar-refractivity contribution in [1.29, 1.82) is 0 Å². The molecule has 0 aliphatic heterocycles. The minimum atomic E-state index is -0.377. The average Bonchev–Trinajstić information content (AvgIpc) is 2.58. The maximum atomic E-state index is 13.1. The Morgan fingerprint density at radius 2 is 2.24 bits per heavy atom. The summed E-state index contributed by atoms with van der Waals surface area (Å²) in [5.74, 6) is -0.377. The van der Waals surface area contributed by atoms with Gasteiger partial charge in [-0.15, -0.1) is 0 Å². The molecule has 0 aliphatic rings. The quantitative estimate of drug-likeness (QED) is 0.839. The highest BCUT2D eigenvalue weighted by Crippen LogP contribution is 2.07. The lowest BCUT2D eigenvalue weighted by atomic mass is 10.2. The Balaban J connectivity index is 2.39. The summed E-state index contributed by atoms with van der Waals surface area (Å²) in [5.41, 5.74) is 6.66. The molecule has 0 saturated heterocycles. The monoisotopic (exact) mass is 235 g/mol. The molecule has 3 N–H and O–H groups in total. The van der Waals surface area contributed by atoms with E-state index in [9.17, 15) is 9.18 Å². The molecule has 2 rings (SSSR count). The Labute approximate surface area is 97.9 Å². The first-order valence-corrected chi connectivity index (χ1v) is 5.39. The molecule has 1 atom stereocenters. The Morgan fingerprint density at radius 3 is 2.88 bits per heavy atom. The van der Waals surface area contributed by atoms with Crippen LogP contribution in [0.25, 0.3) is 5.69 Å². The molecule has 0 fully saturated rings. The van der Waals surface area contributed by atoms with E-state index in [1.165, 1.54) is 22.9 Å². The van der Waals surface area contributed by atoms with Crippen LogP contribution in [-0.2, 0) is 6.42 Å². The van der Waals surface area contributed by atoms with Gasteiger partial charge in [0.25, 0.3) is 5.56 Å². The molecule has 1 aromatic heterocycles. The average molecular weight is 235 g/mol. The highest BCUT2D eigenvalue weighted by molar-refractivity contribution is 5.31. The molecule has 5 heteroatoms. The standard InChI is InChI=1S/C12H14FN3O/c1-8(14)5-10-7-12(17)16(15-10)11-4-2-3-9(13)6-11/h2-4,6-8,15H,5,14H2,1H3. The number of H-pyrrole nitrogens is 1. The summed E-state index contributed by atoms with van der Waals surface area (Å²) < 4.78 is 14.4. The minimum Gasteiger partial charge on any atom is -0.328 e. The second-order valence-electron chi connectivity index (χ2n) is 4.12. The van der Waals surface area contributed by atoms with Gasteiger partial charge in [-0.05, 0) is 25.1 Å². The van der Waals surface area contributed by atoms with Crippen molar-refractivity contribution in [2.45, 2.75) is 19.4 Å². The topological polar surface area (TPSA) is 63.8 Å². The van der Waals surface area contributed by atoms with E-state index in [1.807, 2.05) is 6.92 Å². The first-order chi connectivity index (χ1) is 8.06. The number of hydrogen-bond donors (Lipinski definition) is 2. The SMILES string of the molecule is CC(N)Cc1cc(=O)n(-c2cccc(F)c2)[nH]1. The predicted molar refractivity (Wildman–Crippen MR) is 63.7 cm³/mol. The van der Waals surface area contributed by atoms with Crippen molar-refractivity contribution in [2.24, 2.45) is 5.73 Å². The van der Waals surface area contributed by atoms with E-state index < -0.39 is 0 Å². The number of hydrogen-bond acceptors (Lipinski definition) is 2. The van der Waals surface area contributed by atoms with Gasteiger partial charge in [0, 0.05) is 24.2 Å². The third kappa shape index (κ3) is 2.62. The van der Waals surface area contributed by atoms with Gasteiger partial charge in [-0.1, -0.05) is 6.07 Å². The van der Waals surface area contributed by atoms with Crippen molar-refractivity contribution in [3.8, 4) is 5.69 Å². The summed E-state index contributed by atoms with van der Waals surface area (Å²) in [7, 11) is 0. The first kappa shape index (κ1) is 11.6. The number of nitrogens with zero attached hydrogens (tertiary/aromatic N) is 1. The van der Waals surface area contributed by atoms with Gasteiger partial charge in [-0.25, -0.2) is 9.07 Å². The fraction of sp³-hybridized carbons (Fsp3) is 0.250. The van der Waals surface area contributed by atoms with Crippen molar-refractivity contribution < 1.29 is 4.39 Å². The Hall–Kier alpha value is -1.88. The molecule has 0 saturated carbocycles. The molecule has 0 radical (unpaired) electrons. The zero-order chi connectivity index (χ0) is 12.4. The third-order valence-corrected chi connectivity index (χ3v) is 2.38. The third-order valence-electron chi connectivity index (χ3n) is 2.38. The fourth-order valence-corrected chi connectivity index (χ4v) is 1.70. The number of nitrogens with two attached hydrogens (primary N) is 1. The van der Waals surface area contributed by atoms with Gasteiger partial charge in [-0.2, -0.15) is 0 Å². The lowest BCUT2D eigenvalue weighted by Crippen LogP contribution is -2.18. The van der Waals surface area contributed by atoms with Crippen LogP contribution in [0.4, 0.5) is 4.39 Å². The molecule has 0 aliphatic carbocycles. The zero-order valence-corrected chi connectivity index (χ0v) is 9.48. The van der Waals surface area contributed by atoms with E-state index in [0.29, 0.717) is 12.1 Å². The normalized spacial score (nSPS) is 12.6. The molecule has 0 amide bonds. The number of aromatic amines is 1. The summed E-state index contributed by atoms with van der Waals surface area (Å²) in [5, 5.41) is 2.91. The summed E-state index contributed by atoms with van der Waals surface area (Å²) in [6.45, 7) is 1.86. The van der Waals surface area contributed by atoms with Crippen LogP contribution in [0.3, 0.4) is 0 Å². The van der Waals surface area contributed by atoms with Crippen LogP contribution in [0.2, 0.25) is 0 Å². The molecule has 17 heavy (non-hydrogen) atoms. The molecular weight excluding hydrogens is 221 g/mol. The van der Waals surface area contributed by atoms with Crippen molar-refractivity contribution in [2.75, 3.05) is 0 Å². The molecule has 90 valence electrons. The highest BCUT2D eigenvalue weighted by atomic mass is 19.1. The van der Waals surface area contributed by atoms with Gasteiger partial charge in [0.05, 0.1) is 5.69 Å². The van der Waals surface area contributed by atoms with Gasteiger partial charge >= 0.3 is 0 Å².